The molecule has 70 valence electrons. The predicted octanol–water partition coefficient (Wildman–Crippen LogP) is 1.17. The van der Waals surface area contributed by atoms with Crippen molar-refractivity contribution in [3.8, 4) is 11.5 Å². The van der Waals surface area contributed by atoms with Gasteiger partial charge in [0.05, 0.1) is 0 Å². The van der Waals surface area contributed by atoms with Crippen molar-refractivity contribution >= 4 is 0 Å². The van der Waals surface area contributed by atoms with Gasteiger partial charge in [-0.3, -0.25) is 0 Å². The van der Waals surface area contributed by atoms with Crippen LogP contribution in [-0.2, 0) is 0 Å². The molecule has 3 N–H and O–H groups in total. The van der Waals surface area contributed by atoms with Crippen LogP contribution in [-0.4, -0.2) is 23.3 Å². The molecule has 1 aliphatic rings. The van der Waals surface area contributed by atoms with Gasteiger partial charge < -0.3 is 15.5 Å². The first-order chi connectivity index (χ1) is 6.29. The summed E-state index contributed by atoms with van der Waals surface area (Å²) in [6, 6.07) is 5.14. The SMILES string of the molecule is Oc1cccc([C@@H]2CCNC2)c1O. The Hall–Kier alpha value is -1.22. The quantitative estimate of drug-likeness (QED) is 0.567. The molecule has 1 heterocycles. The lowest BCUT2D eigenvalue weighted by Gasteiger charge is -2.11. The second-order valence-electron chi connectivity index (χ2n) is 3.40. The Morgan fingerprint density at radius 1 is 1.31 bits per heavy atom. The minimum atomic E-state index is -0.0237. The minimum Gasteiger partial charge on any atom is -0.504 e. The minimum absolute atomic E-state index is 0.0237. The van der Waals surface area contributed by atoms with Crippen LogP contribution in [0.5, 0.6) is 11.5 Å². The first kappa shape index (κ1) is 8.38. The van der Waals surface area contributed by atoms with E-state index in [2.05, 4.69) is 5.32 Å². The largest absolute Gasteiger partial charge is 0.504 e. The molecule has 0 saturated carbocycles. The lowest BCUT2D eigenvalue weighted by Crippen LogP contribution is -2.07. The Balaban J connectivity index is 2.33. The van der Waals surface area contributed by atoms with Crippen LogP contribution in [0.2, 0.25) is 0 Å². The summed E-state index contributed by atoms with van der Waals surface area (Å²) in [6.45, 7) is 1.87. The molecule has 1 aromatic carbocycles. The predicted molar refractivity (Wildman–Crippen MR) is 50.0 cm³/mol. The molecule has 0 radical (unpaired) electrons. The molecule has 3 heteroatoms. The lowest BCUT2D eigenvalue weighted by atomic mass is 9.97. The zero-order valence-electron chi connectivity index (χ0n) is 7.33. The zero-order valence-corrected chi connectivity index (χ0v) is 7.33. The van der Waals surface area contributed by atoms with Crippen molar-refractivity contribution in [3.63, 3.8) is 0 Å². The van der Waals surface area contributed by atoms with E-state index in [1.54, 1.807) is 6.07 Å². The summed E-state index contributed by atoms with van der Waals surface area (Å²) in [5.74, 6) is 0.354. The third-order valence-corrected chi connectivity index (χ3v) is 2.55. The van der Waals surface area contributed by atoms with E-state index in [1.807, 2.05) is 6.07 Å². The maximum atomic E-state index is 9.58. The second-order valence-corrected chi connectivity index (χ2v) is 3.40. The zero-order chi connectivity index (χ0) is 9.26. The van der Waals surface area contributed by atoms with Gasteiger partial charge in [-0.2, -0.15) is 0 Å². The van der Waals surface area contributed by atoms with Crippen LogP contribution in [0.1, 0.15) is 17.9 Å². The Bertz CT molecular complexity index is 306. The van der Waals surface area contributed by atoms with Gasteiger partial charge in [0, 0.05) is 18.0 Å². The molecule has 1 saturated heterocycles. The average molecular weight is 179 g/mol. The van der Waals surface area contributed by atoms with Gasteiger partial charge in [-0.15, -0.1) is 0 Å². The lowest BCUT2D eigenvalue weighted by molar-refractivity contribution is 0.396. The Kier molecular flexibility index (Phi) is 2.10. The summed E-state index contributed by atoms with van der Waals surface area (Å²) in [5, 5.41) is 22.1. The van der Waals surface area contributed by atoms with Crippen LogP contribution in [0.25, 0.3) is 0 Å². The van der Waals surface area contributed by atoms with Gasteiger partial charge in [0.2, 0.25) is 0 Å². The first-order valence-corrected chi connectivity index (χ1v) is 4.50. The molecular formula is C10H13NO2. The van der Waals surface area contributed by atoms with Crippen molar-refractivity contribution in [1.29, 1.82) is 0 Å². The monoisotopic (exact) mass is 179 g/mol. The number of hydrogen-bond donors (Lipinski definition) is 3. The second kappa shape index (κ2) is 3.26. The summed E-state index contributed by atoms with van der Waals surface area (Å²) >= 11 is 0. The van der Waals surface area contributed by atoms with E-state index in [0.717, 1.165) is 25.1 Å². The molecule has 0 spiro atoms. The smallest absolute Gasteiger partial charge is 0.161 e. The van der Waals surface area contributed by atoms with Gasteiger partial charge in [-0.1, -0.05) is 12.1 Å². The number of hydrogen-bond acceptors (Lipinski definition) is 3. The van der Waals surface area contributed by atoms with Crippen LogP contribution in [0.3, 0.4) is 0 Å². The number of rotatable bonds is 1. The van der Waals surface area contributed by atoms with Crippen molar-refractivity contribution in [2.24, 2.45) is 0 Å². The molecule has 2 rings (SSSR count). The molecule has 3 nitrogen and oxygen atoms in total. The Morgan fingerprint density at radius 2 is 2.15 bits per heavy atom. The number of aromatic hydroxyl groups is 2. The van der Waals surface area contributed by atoms with Crippen molar-refractivity contribution in [2.45, 2.75) is 12.3 Å². The fourth-order valence-corrected chi connectivity index (χ4v) is 1.80. The van der Waals surface area contributed by atoms with Gasteiger partial charge in [0.15, 0.2) is 11.5 Å². The van der Waals surface area contributed by atoms with Crippen LogP contribution < -0.4 is 5.32 Å². The van der Waals surface area contributed by atoms with Crippen LogP contribution in [0.15, 0.2) is 18.2 Å². The van der Waals surface area contributed by atoms with Gasteiger partial charge >= 0.3 is 0 Å². The first-order valence-electron chi connectivity index (χ1n) is 4.50. The highest BCUT2D eigenvalue weighted by atomic mass is 16.3. The number of para-hydroxylation sites is 1. The third kappa shape index (κ3) is 1.47. The van der Waals surface area contributed by atoms with E-state index in [-0.39, 0.29) is 11.5 Å². The standard InChI is InChI=1S/C10H13NO2/c12-9-3-1-2-8(10(9)13)7-4-5-11-6-7/h1-3,7,11-13H,4-6H2/t7-/m1/s1. The number of nitrogens with one attached hydrogen (secondary N) is 1. The third-order valence-electron chi connectivity index (χ3n) is 2.55. The van der Waals surface area contributed by atoms with Crippen molar-refractivity contribution in [3.05, 3.63) is 23.8 Å². The van der Waals surface area contributed by atoms with E-state index in [4.69, 9.17) is 0 Å². The summed E-state index contributed by atoms with van der Waals surface area (Å²) in [4.78, 5) is 0. The van der Waals surface area contributed by atoms with E-state index in [0.29, 0.717) is 5.92 Å². The Labute approximate surface area is 77.0 Å². The van der Waals surface area contributed by atoms with E-state index >= 15 is 0 Å². The molecule has 0 bridgehead atoms. The molecule has 1 atom stereocenters. The van der Waals surface area contributed by atoms with Gasteiger partial charge in [0.1, 0.15) is 0 Å². The van der Waals surface area contributed by atoms with Crippen LogP contribution >= 0.6 is 0 Å². The van der Waals surface area contributed by atoms with Crippen molar-refractivity contribution in [1.82, 2.24) is 5.32 Å². The molecule has 1 aliphatic heterocycles. The van der Waals surface area contributed by atoms with Crippen molar-refractivity contribution in [2.75, 3.05) is 13.1 Å². The number of phenols is 2. The van der Waals surface area contributed by atoms with Gasteiger partial charge in [-0.05, 0) is 19.0 Å². The maximum Gasteiger partial charge on any atom is 0.161 e. The molecule has 13 heavy (non-hydrogen) atoms. The van der Waals surface area contributed by atoms with Gasteiger partial charge in [-0.25, -0.2) is 0 Å². The summed E-state index contributed by atoms with van der Waals surface area (Å²) in [7, 11) is 0. The summed E-state index contributed by atoms with van der Waals surface area (Å²) < 4.78 is 0. The molecule has 0 unspecified atom stereocenters. The molecular weight excluding hydrogens is 166 g/mol. The maximum absolute atomic E-state index is 9.58. The van der Waals surface area contributed by atoms with Crippen LogP contribution in [0.4, 0.5) is 0 Å². The van der Waals surface area contributed by atoms with Crippen LogP contribution in [0, 0.1) is 0 Å². The summed E-state index contributed by atoms with van der Waals surface area (Å²) in [6.07, 6.45) is 1.02. The number of phenolic OH excluding ortho intramolecular Hbond substituents is 2. The van der Waals surface area contributed by atoms with E-state index in [9.17, 15) is 10.2 Å². The van der Waals surface area contributed by atoms with Gasteiger partial charge in [0.25, 0.3) is 0 Å². The highest BCUT2D eigenvalue weighted by molar-refractivity contribution is 5.46. The van der Waals surface area contributed by atoms with Crippen molar-refractivity contribution < 1.29 is 10.2 Å². The molecule has 1 fully saturated rings. The highest BCUT2D eigenvalue weighted by Gasteiger charge is 2.20. The molecule has 0 amide bonds. The van der Waals surface area contributed by atoms with E-state index in [1.165, 1.54) is 6.07 Å². The topological polar surface area (TPSA) is 52.5 Å². The highest BCUT2D eigenvalue weighted by Crippen LogP contribution is 2.35. The molecule has 0 aromatic heterocycles. The fraction of sp³-hybridized carbons (Fsp3) is 0.400. The normalized spacial score (nSPS) is 22.0. The molecule has 0 aliphatic carbocycles. The number of benzene rings is 1. The van der Waals surface area contributed by atoms with E-state index < -0.39 is 0 Å². The fourth-order valence-electron chi connectivity index (χ4n) is 1.80. The molecule has 1 aromatic rings. The summed E-state index contributed by atoms with van der Waals surface area (Å²) in [5.41, 5.74) is 0.852. The average Bonchev–Trinajstić information content (AvgIpc) is 2.62. The Morgan fingerprint density at radius 3 is 2.85 bits per heavy atom.